The van der Waals surface area contributed by atoms with Gasteiger partial charge in [-0.1, -0.05) is 48.5 Å². The number of nitrogens with two attached hydrogens (primary N) is 1. The molecule has 2 aliphatic heterocycles. The molecule has 4 aliphatic carbocycles. The monoisotopic (exact) mass is 690 g/mol. The molecule has 10 nitrogen and oxygen atoms in total. The van der Waals surface area contributed by atoms with Crippen molar-refractivity contribution < 1.29 is 38.7 Å². The average Bonchev–Trinajstić information content (AvgIpc) is 3.68. The number of aliphatic hydroxyl groups is 2. The van der Waals surface area contributed by atoms with Crippen molar-refractivity contribution in [1.82, 2.24) is 4.90 Å². The number of nitrogens with zero attached hydrogens (tertiary/aromatic N) is 1. The van der Waals surface area contributed by atoms with Crippen LogP contribution < -0.4 is 5.73 Å². The maximum absolute atomic E-state index is 12.6. The first-order valence-electron chi connectivity index (χ1n) is 19.3. The zero-order valence-corrected chi connectivity index (χ0v) is 31.8. The molecule has 1 amide bonds. The summed E-state index contributed by atoms with van der Waals surface area (Å²) in [4.78, 5) is 26.0. The van der Waals surface area contributed by atoms with Gasteiger partial charge in [-0.05, 0) is 104 Å². The third kappa shape index (κ3) is 5.72. The Labute approximate surface area is 294 Å². The summed E-state index contributed by atoms with van der Waals surface area (Å²) in [7, 11) is 0. The topological polar surface area (TPSA) is 141 Å². The standard InChI is InChI=1S/C39H66N2O8/c1-10-28(43)49-33(35(6,7)45)24-18-23(3)30-31(48-24)32(44)37(9)26-13-12-25(38(11-2)21-39(26,38)15-14-36(30,37)8)34(4,5)22-47-29-20-41(16-17-46-29)19-27(40)42/h23-26,29-33,44-45H,10-22H2,1-9H3,(H2,40,42). The Bertz CT molecular complexity index is 1270. The molecular formula is C39H66N2O8. The van der Waals surface area contributed by atoms with Gasteiger partial charge in [0.25, 0.3) is 0 Å². The Kier molecular flexibility index (Phi) is 9.69. The molecule has 2 heterocycles. The van der Waals surface area contributed by atoms with E-state index >= 15 is 0 Å². The molecule has 6 aliphatic rings. The van der Waals surface area contributed by atoms with Crippen LogP contribution in [0.1, 0.15) is 114 Å². The van der Waals surface area contributed by atoms with Crippen LogP contribution in [-0.4, -0.2) is 96.1 Å². The molecule has 0 aromatic heterocycles. The molecule has 0 aromatic rings. The molecule has 280 valence electrons. The fourth-order valence-electron chi connectivity index (χ4n) is 13.2. The Morgan fingerprint density at radius 3 is 2.47 bits per heavy atom. The van der Waals surface area contributed by atoms with Crippen molar-refractivity contribution in [3.8, 4) is 0 Å². The second-order valence-electron chi connectivity index (χ2n) is 18.8. The lowest BCUT2D eigenvalue weighted by atomic mass is 9.42. The maximum atomic E-state index is 12.6. The van der Waals surface area contributed by atoms with Crippen molar-refractivity contribution in [3.63, 3.8) is 0 Å². The molecule has 6 fully saturated rings. The van der Waals surface area contributed by atoms with Gasteiger partial charge in [0.15, 0.2) is 12.4 Å². The van der Waals surface area contributed by atoms with E-state index < -0.39 is 23.9 Å². The number of carbonyl (C=O) groups excluding carboxylic acids is 2. The molecule has 4 saturated carbocycles. The molecule has 6 rings (SSSR count). The van der Waals surface area contributed by atoms with Crippen molar-refractivity contribution >= 4 is 11.9 Å². The summed E-state index contributed by atoms with van der Waals surface area (Å²) in [5, 5.41) is 23.7. The zero-order valence-electron chi connectivity index (χ0n) is 31.8. The number of amides is 1. The number of primary amides is 1. The number of esters is 1. The van der Waals surface area contributed by atoms with Crippen molar-refractivity contribution in [2.45, 2.75) is 150 Å². The number of fused-ring (bicyclic) bond motifs is 4. The van der Waals surface area contributed by atoms with Gasteiger partial charge in [0.2, 0.25) is 5.91 Å². The summed E-state index contributed by atoms with van der Waals surface area (Å²) in [6.45, 7) is 21.9. The van der Waals surface area contributed by atoms with Gasteiger partial charge in [-0.3, -0.25) is 14.5 Å². The number of carbonyl (C=O) groups is 2. The highest BCUT2D eigenvalue weighted by molar-refractivity contribution is 5.75. The molecule has 0 bridgehead atoms. The molecule has 2 saturated heterocycles. The van der Waals surface area contributed by atoms with E-state index in [2.05, 4.69) is 41.5 Å². The molecule has 13 atom stereocenters. The zero-order chi connectivity index (χ0) is 35.9. The van der Waals surface area contributed by atoms with Crippen molar-refractivity contribution in [2.24, 2.45) is 56.5 Å². The Balaban J connectivity index is 1.22. The number of rotatable bonds is 11. The molecule has 10 heteroatoms. The third-order valence-corrected chi connectivity index (χ3v) is 15.5. The summed E-state index contributed by atoms with van der Waals surface area (Å²) >= 11 is 0. The van der Waals surface area contributed by atoms with Crippen molar-refractivity contribution in [3.05, 3.63) is 0 Å². The molecule has 4 N–H and O–H groups in total. The van der Waals surface area contributed by atoms with Gasteiger partial charge in [-0.15, -0.1) is 0 Å². The minimum absolute atomic E-state index is 0.0728. The van der Waals surface area contributed by atoms with Crippen LogP contribution in [0.15, 0.2) is 0 Å². The second kappa shape index (κ2) is 12.7. The molecule has 13 unspecified atom stereocenters. The lowest BCUT2D eigenvalue weighted by Crippen LogP contribution is -2.58. The van der Waals surface area contributed by atoms with Crippen LogP contribution >= 0.6 is 0 Å². The highest BCUT2D eigenvalue weighted by atomic mass is 16.7. The summed E-state index contributed by atoms with van der Waals surface area (Å²) in [6.07, 6.45) is 4.97. The van der Waals surface area contributed by atoms with Crippen LogP contribution in [-0.2, 0) is 28.5 Å². The Morgan fingerprint density at radius 1 is 1.12 bits per heavy atom. The predicted molar refractivity (Wildman–Crippen MR) is 185 cm³/mol. The van der Waals surface area contributed by atoms with Crippen LogP contribution in [0.3, 0.4) is 0 Å². The average molecular weight is 691 g/mol. The van der Waals surface area contributed by atoms with Gasteiger partial charge in [-0.2, -0.15) is 0 Å². The fourth-order valence-corrected chi connectivity index (χ4v) is 13.2. The smallest absolute Gasteiger partial charge is 0.305 e. The summed E-state index contributed by atoms with van der Waals surface area (Å²) in [5.41, 5.74) is 4.07. The molecule has 49 heavy (non-hydrogen) atoms. The number of hydrogen-bond acceptors (Lipinski definition) is 9. The van der Waals surface area contributed by atoms with Gasteiger partial charge in [-0.25, -0.2) is 0 Å². The minimum atomic E-state index is -1.27. The first-order valence-corrected chi connectivity index (χ1v) is 19.3. The predicted octanol–water partition coefficient (Wildman–Crippen LogP) is 4.67. The van der Waals surface area contributed by atoms with Crippen molar-refractivity contribution in [1.29, 1.82) is 0 Å². The fraction of sp³-hybridized carbons (Fsp3) is 0.949. The lowest BCUT2D eigenvalue weighted by Gasteiger charge is -2.62. The minimum Gasteiger partial charge on any atom is -0.457 e. The van der Waals surface area contributed by atoms with Gasteiger partial charge in [0.1, 0.15) is 0 Å². The number of morpholine rings is 1. The van der Waals surface area contributed by atoms with Gasteiger partial charge >= 0.3 is 5.97 Å². The van der Waals surface area contributed by atoms with E-state index in [1.165, 1.54) is 12.8 Å². The van der Waals surface area contributed by atoms with Gasteiger partial charge in [0, 0.05) is 18.4 Å². The van der Waals surface area contributed by atoms with E-state index in [0.29, 0.717) is 44.6 Å². The number of aliphatic hydroxyl groups excluding tert-OH is 1. The SMILES string of the molecule is CCC(=O)OC(C1CC(C)C2C(O1)C(O)C1(C)C3CCC(C(C)(C)COC4CN(CC(N)=O)CCO4)C4(CC)CC34CCC21C)C(C)(C)O. The first-order chi connectivity index (χ1) is 22.8. The first kappa shape index (κ1) is 37.5. The van der Waals surface area contributed by atoms with Crippen molar-refractivity contribution in [2.75, 3.05) is 32.8 Å². The van der Waals surface area contributed by atoms with Gasteiger partial charge < -0.3 is 34.9 Å². The van der Waals surface area contributed by atoms with Crippen LogP contribution in [0.2, 0.25) is 0 Å². The third-order valence-electron chi connectivity index (χ3n) is 15.5. The molecule has 0 aromatic carbocycles. The van der Waals surface area contributed by atoms with Crippen LogP contribution in [0.5, 0.6) is 0 Å². The van der Waals surface area contributed by atoms with E-state index in [1.54, 1.807) is 20.8 Å². The van der Waals surface area contributed by atoms with Gasteiger partial charge in [0.05, 0.1) is 50.2 Å². The lowest BCUT2D eigenvalue weighted by molar-refractivity contribution is -0.217. The maximum Gasteiger partial charge on any atom is 0.305 e. The van der Waals surface area contributed by atoms with Crippen LogP contribution in [0, 0.1) is 50.7 Å². The van der Waals surface area contributed by atoms with E-state index in [-0.39, 0.29) is 76.1 Å². The van der Waals surface area contributed by atoms with E-state index in [1.807, 2.05) is 4.90 Å². The second-order valence-corrected chi connectivity index (χ2v) is 18.8. The number of ether oxygens (including phenoxy) is 4. The molecule has 1 spiro atoms. The molecule has 0 radical (unpaired) electrons. The van der Waals surface area contributed by atoms with Crippen LogP contribution in [0.25, 0.3) is 0 Å². The highest BCUT2D eigenvalue weighted by Crippen LogP contribution is 2.88. The summed E-state index contributed by atoms with van der Waals surface area (Å²) in [5.74, 6) is 0.620. The van der Waals surface area contributed by atoms with Crippen LogP contribution in [0.4, 0.5) is 0 Å². The Hall–Kier alpha value is -1.30. The summed E-state index contributed by atoms with van der Waals surface area (Å²) < 4.78 is 25.1. The Morgan fingerprint density at radius 2 is 1.84 bits per heavy atom. The van der Waals surface area contributed by atoms with E-state index in [4.69, 9.17) is 24.7 Å². The normalized spacial score (nSPS) is 45.8. The quantitative estimate of drug-likeness (QED) is 0.264. The highest BCUT2D eigenvalue weighted by Gasteiger charge is 2.83. The summed E-state index contributed by atoms with van der Waals surface area (Å²) in [6, 6.07) is 0. The number of hydrogen-bond donors (Lipinski definition) is 3. The van der Waals surface area contributed by atoms with E-state index in [9.17, 15) is 19.8 Å². The largest absolute Gasteiger partial charge is 0.457 e. The van der Waals surface area contributed by atoms with E-state index in [0.717, 1.165) is 25.7 Å². The molecular weight excluding hydrogens is 624 g/mol.